The van der Waals surface area contributed by atoms with Gasteiger partial charge in [0.1, 0.15) is 11.5 Å². The van der Waals surface area contributed by atoms with Crippen molar-refractivity contribution in [1.82, 2.24) is 5.32 Å². The third kappa shape index (κ3) is 5.71. The van der Waals surface area contributed by atoms with Crippen molar-refractivity contribution in [2.75, 3.05) is 33.2 Å². The summed E-state index contributed by atoms with van der Waals surface area (Å²) in [6.45, 7) is 0.536. The average Bonchev–Trinajstić information content (AvgIpc) is 2.64. The Labute approximate surface area is 149 Å². The molecule has 0 aromatic heterocycles. The van der Waals surface area contributed by atoms with E-state index in [1.165, 1.54) is 0 Å². The Morgan fingerprint density at radius 2 is 1.56 bits per heavy atom. The summed E-state index contributed by atoms with van der Waals surface area (Å²) in [5.74, 6) is 1.49. The molecule has 1 amide bonds. The van der Waals surface area contributed by atoms with Gasteiger partial charge in [0.05, 0.1) is 14.2 Å². The van der Waals surface area contributed by atoms with Crippen molar-refractivity contribution in [3.8, 4) is 11.5 Å². The minimum absolute atomic E-state index is 0.0264. The molecule has 2 aromatic carbocycles. The number of hydrogen-bond donors (Lipinski definition) is 1. The molecule has 0 heterocycles. The Hall–Kier alpha value is -2.69. The van der Waals surface area contributed by atoms with E-state index in [0.717, 1.165) is 28.3 Å². The minimum Gasteiger partial charge on any atom is -0.497 e. The highest BCUT2D eigenvalue weighted by atomic mass is 16.5. The smallest absolute Gasteiger partial charge is 0.220 e. The predicted molar refractivity (Wildman–Crippen MR) is 100 cm³/mol. The number of hydrogen-bond acceptors (Lipinski definition) is 4. The van der Waals surface area contributed by atoms with Crippen LogP contribution >= 0.6 is 0 Å². The van der Waals surface area contributed by atoms with Crippen LogP contribution in [0.5, 0.6) is 11.5 Å². The van der Waals surface area contributed by atoms with Crippen LogP contribution in [0.3, 0.4) is 0 Å². The van der Waals surface area contributed by atoms with Gasteiger partial charge < -0.3 is 19.7 Å². The number of nitrogens with zero attached hydrogens (tertiary/aromatic N) is 1. The molecule has 134 valence electrons. The highest BCUT2D eigenvalue weighted by molar-refractivity contribution is 5.76. The average molecular weight is 342 g/mol. The van der Waals surface area contributed by atoms with E-state index < -0.39 is 0 Å². The molecule has 0 saturated carbocycles. The fraction of sp³-hybridized carbons (Fsp3) is 0.350. The number of rotatable bonds is 8. The van der Waals surface area contributed by atoms with Crippen LogP contribution in [0.25, 0.3) is 0 Å². The number of benzene rings is 2. The van der Waals surface area contributed by atoms with Crippen LogP contribution in [-0.4, -0.2) is 34.2 Å². The zero-order valence-electron chi connectivity index (χ0n) is 15.3. The summed E-state index contributed by atoms with van der Waals surface area (Å²) in [5.41, 5.74) is 3.24. The number of ether oxygens (including phenoxy) is 2. The summed E-state index contributed by atoms with van der Waals surface area (Å²) in [5, 5.41) is 2.96. The van der Waals surface area contributed by atoms with E-state index in [1.807, 2.05) is 61.5 Å². The molecule has 0 aliphatic rings. The van der Waals surface area contributed by atoms with E-state index in [9.17, 15) is 4.79 Å². The van der Waals surface area contributed by atoms with Gasteiger partial charge in [0.15, 0.2) is 0 Å². The maximum Gasteiger partial charge on any atom is 0.220 e. The lowest BCUT2D eigenvalue weighted by molar-refractivity contribution is -0.121. The second-order valence-electron chi connectivity index (χ2n) is 6.06. The van der Waals surface area contributed by atoms with E-state index in [4.69, 9.17) is 9.47 Å². The van der Waals surface area contributed by atoms with E-state index in [2.05, 4.69) is 5.32 Å². The largest absolute Gasteiger partial charge is 0.497 e. The van der Waals surface area contributed by atoms with Gasteiger partial charge in [-0.3, -0.25) is 4.79 Å². The molecule has 2 aromatic rings. The van der Waals surface area contributed by atoms with Crippen molar-refractivity contribution in [1.29, 1.82) is 0 Å². The Bertz CT molecular complexity index is 674. The quantitative estimate of drug-likeness (QED) is 0.801. The monoisotopic (exact) mass is 342 g/mol. The lowest BCUT2D eigenvalue weighted by Gasteiger charge is -2.13. The summed E-state index contributed by atoms with van der Waals surface area (Å²) in [6, 6.07) is 13.8. The number of methoxy groups -OCH3 is 2. The van der Waals surface area contributed by atoms with E-state index >= 15 is 0 Å². The van der Waals surface area contributed by atoms with Crippen LogP contribution < -0.4 is 19.7 Å². The first kappa shape index (κ1) is 18.6. The van der Waals surface area contributed by atoms with Crippen LogP contribution in [0.4, 0.5) is 5.69 Å². The zero-order chi connectivity index (χ0) is 18.2. The Morgan fingerprint density at radius 1 is 0.960 bits per heavy atom. The molecule has 0 unspecified atom stereocenters. The highest BCUT2D eigenvalue weighted by Gasteiger charge is 2.06. The first-order valence-corrected chi connectivity index (χ1v) is 8.26. The molecule has 0 fully saturated rings. The summed E-state index contributed by atoms with van der Waals surface area (Å²) in [6.07, 6.45) is 1.06. The van der Waals surface area contributed by atoms with Crippen molar-refractivity contribution in [2.24, 2.45) is 0 Å². The van der Waals surface area contributed by atoms with Crippen LogP contribution in [0, 0.1) is 0 Å². The molecule has 0 radical (unpaired) electrons. The third-order valence-corrected chi connectivity index (χ3v) is 3.99. The molecule has 2 rings (SSSR count). The molecule has 0 aliphatic carbocycles. The van der Waals surface area contributed by atoms with E-state index in [0.29, 0.717) is 19.4 Å². The van der Waals surface area contributed by atoms with E-state index in [-0.39, 0.29) is 5.91 Å². The van der Waals surface area contributed by atoms with Gasteiger partial charge in [-0.2, -0.15) is 0 Å². The normalized spacial score (nSPS) is 10.2. The second-order valence-corrected chi connectivity index (χ2v) is 6.06. The van der Waals surface area contributed by atoms with Crippen molar-refractivity contribution in [2.45, 2.75) is 19.4 Å². The van der Waals surface area contributed by atoms with Gasteiger partial charge in [0, 0.05) is 38.8 Å². The van der Waals surface area contributed by atoms with Gasteiger partial charge in [-0.1, -0.05) is 12.1 Å². The predicted octanol–water partition coefficient (Wildman–Crippen LogP) is 3.02. The zero-order valence-corrected chi connectivity index (χ0v) is 15.3. The summed E-state index contributed by atoms with van der Waals surface area (Å²) in [7, 11) is 7.24. The second kappa shape index (κ2) is 8.97. The Balaban J connectivity index is 1.84. The molecule has 0 atom stereocenters. The van der Waals surface area contributed by atoms with Crippen LogP contribution in [-0.2, 0) is 17.8 Å². The molecule has 5 nitrogen and oxygen atoms in total. The van der Waals surface area contributed by atoms with Crippen LogP contribution in [0.2, 0.25) is 0 Å². The third-order valence-electron chi connectivity index (χ3n) is 3.99. The lowest BCUT2D eigenvalue weighted by atomic mass is 10.1. The summed E-state index contributed by atoms with van der Waals surface area (Å²) < 4.78 is 10.5. The summed E-state index contributed by atoms with van der Waals surface area (Å²) >= 11 is 0. The summed E-state index contributed by atoms with van der Waals surface area (Å²) in [4.78, 5) is 14.1. The van der Waals surface area contributed by atoms with Gasteiger partial charge in [0.2, 0.25) is 5.91 Å². The lowest BCUT2D eigenvalue weighted by Crippen LogP contribution is -2.23. The molecule has 0 aliphatic heterocycles. The first-order valence-electron chi connectivity index (χ1n) is 8.26. The van der Waals surface area contributed by atoms with Gasteiger partial charge in [-0.05, 0) is 41.8 Å². The van der Waals surface area contributed by atoms with E-state index in [1.54, 1.807) is 14.2 Å². The highest BCUT2D eigenvalue weighted by Crippen LogP contribution is 2.23. The molecular formula is C20H26N2O3. The molecule has 5 heteroatoms. The van der Waals surface area contributed by atoms with Crippen molar-refractivity contribution >= 4 is 11.6 Å². The topological polar surface area (TPSA) is 50.8 Å². The SMILES string of the molecule is COc1cc(CCC(=O)NCc2ccc(N(C)C)cc2)cc(OC)c1. The number of amides is 1. The van der Waals surface area contributed by atoms with Crippen LogP contribution in [0.15, 0.2) is 42.5 Å². The minimum atomic E-state index is 0.0264. The fourth-order valence-corrected chi connectivity index (χ4v) is 2.47. The number of nitrogens with one attached hydrogen (secondary N) is 1. The molecule has 1 N–H and O–H groups in total. The van der Waals surface area contributed by atoms with Gasteiger partial charge >= 0.3 is 0 Å². The first-order chi connectivity index (χ1) is 12.0. The Kier molecular flexibility index (Phi) is 6.69. The maximum absolute atomic E-state index is 12.1. The van der Waals surface area contributed by atoms with Crippen molar-refractivity contribution in [3.63, 3.8) is 0 Å². The van der Waals surface area contributed by atoms with Gasteiger partial charge in [-0.15, -0.1) is 0 Å². The maximum atomic E-state index is 12.1. The van der Waals surface area contributed by atoms with Crippen LogP contribution in [0.1, 0.15) is 17.5 Å². The number of carbonyl (C=O) groups is 1. The number of anilines is 1. The Morgan fingerprint density at radius 3 is 2.08 bits per heavy atom. The number of carbonyl (C=O) groups excluding carboxylic acids is 1. The molecule has 0 spiro atoms. The van der Waals surface area contributed by atoms with Gasteiger partial charge in [-0.25, -0.2) is 0 Å². The fourth-order valence-electron chi connectivity index (χ4n) is 2.47. The van der Waals surface area contributed by atoms with Gasteiger partial charge in [0.25, 0.3) is 0 Å². The standard InChI is InChI=1S/C20H26N2O3/c1-22(2)17-8-5-15(6-9-17)14-21-20(23)10-7-16-11-18(24-3)13-19(12-16)25-4/h5-6,8-9,11-13H,7,10,14H2,1-4H3,(H,21,23). The molecule has 25 heavy (non-hydrogen) atoms. The number of aryl methyl sites for hydroxylation is 1. The van der Waals surface area contributed by atoms with Crippen molar-refractivity contribution < 1.29 is 14.3 Å². The molecule has 0 bridgehead atoms. The molecular weight excluding hydrogens is 316 g/mol. The van der Waals surface area contributed by atoms with Crippen molar-refractivity contribution in [3.05, 3.63) is 53.6 Å². The molecule has 0 saturated heterocycles.